The molecule has 0 heterocycles. The Hall–Kier alpha value is -1.73. The van der Waals surface area contributed by atoms with E-state index in [2.05, 4.69) is 0 Å². The van der Waals surface area contributed by atoms with Gasteiger partial charge in [-0.25, -0.2) is 4.79 Å². The lowest BCUT2D eigenvalue weighted by molar-refractivity contribution is 0.0285. The fourth-order valence-corrected chi connectivity index (χ4v) is 1.65. The number of nitrogens with zero attached hydrogens (tertiary/aromatic N) is 2. The summed E-state index contributed by atoms with van der Waals surface area (Å²) >= 11 is 6.06. The minimum Gasteiger partial charge on any atom is -0.444 e. The second kappa shape index (κ2) is 5.94. The molecule has 0 atom stereocenters. The molecule has 0 N–H and O–H groups in total. The number of amides is 1. The molecule has 5 heteroatoms. The van der Waals surface area contributed by atoms with Gasteiger partial charge in [0.25, 0.3) is 0 Å². The van der Waals surface area contributed by atoms with Crippen molar-refractivity contribution in [1.82, 2.24) is 4.90 Å². The second-order valence-electron chi connectivity index (χ2n) is 5.25. The van der Waals surface area contributed by atoms with Gasteiger partial charge in [0, 0.05) is 12.1 Å². The number of halogens is 1. The Bertz CT molecular complexity index is 515. The van der Waals surface area contributed by atoms with E-state index >= 15 is 0 Å². The van der Waals surface area contributed by atoms with Crippen molar-refractivity contribution in [3.8, 4) is 6.07 Å². The van der Waals surface area contributed by atoms with Crippen LogP contribution in [0.2, 0.25) is 5.02 Å². The van der Waals surface area contributed by atoms with Crippen LogP contribution in [0.25, 0.3) is 0 Å². The number of rotatable bonds is 2. The molecule has 0 radical (unpaired) electrons. The zero-order valence-corrected chi connectivity index (χ0v) is 12.3. The van der Waals surface area contributed by atoms with E-state index in [1.165, 1.54) is 4.90 Å². The van der Waals surface area contributed by atoms with E-state index in [4.69, 9.17) is 21.6 Å². The average molecular weight is 281 g/mol. The van der Waals surface area contributed by atoms with E-state index in [1.807, 2.05) is 26.8 Å². The van der Waals surface area contributed by atoms with Crippen molar-refractivity contribution in [3.63, 3.8) is 0 Å². The van der Waals surface area contributed by atoms with E-state index in [1.54, 1.807) is 25.2 Å². The quantitative estimate of drug-likeness (QED) is 0.832. The van der Waals surface area contributed by atoms with Crippen LogP contribution in [0, 0.1) is 11.3 Å². The molecule has 4 nitrogen and oxygen atoms in total. The van der Waals surface area contributed by atoms with Crippen LogP contribution in [0.15, 0.2) is 18.2 Å². The minimum absolute atomic E-state index is 0.333. The van der Waals surface area contributed by atoms with Crippen LogP contribution in [-0.2, 0) is 11.3 Å². The van der Waals surface area contributed by atoms with Gasteiger partial charge in [0.15, 0.2) is 0 Å². The largest absolute Gasteiger partial charge is 0.444 e. The number of benzene rings is 1. The van der Waals surface area contributed by atoms with Gasteiger partial charge >= 0.3 is 6.09 Å². The van der Waals surface area contributed by atoms with E-state index in [0.29, 0.717) is 17.1 Å². The molecule has 0 bridgehead atoms. The van der Waals surface area contributed by atoms with Crippen molar-refractivity contribution in [2.24, 2.45) is 0 Å². The number of ether oxygens (including phenoxy) is 1. The van der Waals surface area contributed by atoms with E-state index in [0.717, 1.165) is 5.56 Å². The van der Waals surface area contributed by atoms with Crippen LogP contribution in [0.5, 0.6) is 0 Å². The van der Waals surface area contributed by atoms with Crippen molar-refractivity contribution in [2.45, 2.75) is 32.9 Å². The molecule has 0 saturated carbocycles. The molecule has 0 spiro atoms. The first kappa shape index (κ1) is 15.3. The molecule has 1 rings (SSSR count). The molecule has 0 aliphatic rings. The Labute approximate surface area is 118 Å². The van der Waals surface area contributed by atoms with Crippen LogP contribution in [0.4, 0.5) is 4.79 Å². The number of carbonyl (C=O) groups is 1. The summed E-state index contributed by atoms with van der Waals surface area (Å²) in [5, 5.41) is 9.22. The molecule has 0 unspecified atom stereocenters. The van der Waals surface area contributed by atoms with Crippen LogP contribution in [-0.4, -0.2) is 23.6 Å². The van der Waals surface area contributed by atoms with Gasteiger partial charge in [-0.3, -0.25) is 0 Å². The number of carbonyl (C=O) groups excluding carboxylic acids is 1. The third kappa shape index (κ3) is 4.80. The molecule has 1 aromatic rings. The molecule has 1 aromatic carbocycles. The zero-order chi connectivity index (χ0) is 14.6. The first-order chi connectivity index (χ1) is 8.73. The second-order valence-corrected chi connectivity index (χ2v) is 5.66. The maximum absolute atomic E-state index is 11.8. The van der Waals surface area contributed by atoms with Crippen molar-refractivity contribution >= 4 is 17.7 Å². The highest BCUT2D eigenvalue weighted by Gasteiger charge is 2.20. The highest BCUT2D eigenvalue weighted by molar-refractivity contribution is 6.31. The highest BCUT2D eigenvalue weighted by Crippen LogP contribution is 2.20. The van der Waals surface area contributed by atoms with E-state index in [9.17, 15) is 4.79 Å². The van der Waals surface area contributed by atoms with Gasteiger partial charge in [-0.2, -0.15) is 5.26 Å². The number of hydrogen-bond donors (Lipinski definition) is 0. The predicted octanol–water partition coefficient (Wildman–Crippen LogP) is 3.58. The van der Waals surface area contributed by atoms with Crippen LogP contribution >= 0.6 is 11.6 Å². The molecule has 1 amide bonds. The minimum atomic E-state index is -0.528. The molecular weight excluding hydrogens is 264 g/mol. The van der Waals surface area contributed by atoms with Crippen LogP contribution in [0.3, 0.4) is 0 Å². The molecule has 0 aromatic heterocycles. The lowest BCUT2D eigenvalue weighted by Crippen LogP contribution is -2.33. The van der Waals surface area contributed by atoms with Crippen LogP contribution < -0.4 is 0 Å². The fourth-order valence-electron chi connectivity index (χ4n) is 1.41. The van der Waals surface area contributed by atoms with E-state index < -0.39 is 11.7 Å². The summed E-state index contributed by atoms with van der Waals surface area (Å²) in [6.45, 7) is 5.77. The standard InChI is InChI=1S/C14H17ClN2O2/c1-14(2,3)19-13(18)17(4)9-11-6-5-10(8-16)7-12(11)15/h5-7H,9H2,1-4H3. The summed E-state index contributed by atoms with van der Waals surface area (Å²) in [5.41, 5.74) is 0.738. The van der Waals surface area contributed by atoms with Gasteiger partial charge in [0.1, 0.15) is 5.60 Å². The first-order valence-electron chi connectivity index (χ1n) is 5.85. The average Bonchev–Trinajstić information content (AvgIpc) is 2.29. The van der Waals surface area contributed by atoms with Gasteiger partial charge in [0.05, 0.1) is 18.2 Å². The van der Waals surface area contributed by atoms with Crippen molar-refractivity contribution in [2.75, 3.05) is 7.05 Å². The molecule has 0 saturated heterocycles. The predicted molar refractivity (Wildman–Crippen MR) is 73.9 cm³/mol. The summed E-state index contributed by atoms with van der Waals surface area (Å²) in [7, 11) is 1.64. The SMILES string of the molecule is CN(Cc1ccc(C#N)cc1Cl)C(=O)OC(C)(C)C. The Balaban J connectivity index is 2.75. The van der Waals surface area contributed by atoms with Gasteiger partial charge < -0.3 is 9.64 Å². The summed E-state index contributed by atoms with van der Waals surface area (Å²) in [6, 6.07) is 7.00. The van der Waals surface area contributed by atoms with E-state index in [-0.39, 0.29) is 0 Å². The van der Waals surface area contributed by atoms with Crippen molar-refractivity contribution in [1.29, 1.82) is 5.26 Å². The summed E-state index contributed by atoms with van der Waals surface area (Å²) < 4.78 is 5.25. The molecule has 102 valence electrons. The number of nitriles is 1. The highest BCUT2D eigenvalue weighted by atomic mass is 35.5. The Morgan fingerprint density at radius 3 is 2.58 bits per heavy atom. The van der Waals surface area contributed by atoms with Gasteiger partial charge in [-0.15, -0.1) is 0 Å². The normalized spacial score (nSPS) is 10.7. The molecular formula is C14H17ClN2O2. The molecule has 0 aliphatic heterocycles. The molecule has 19 heavy (non-hydrogen) atoms. The monoisotopic (exact) mass is 280 g/mol. The van der Waals surface area contributed by atoms with Gasteiger partial charge in [-0.05, 0) is 38.5 Å². The molecule has 0 fully saturated rings. The lowest BCUT2D eigenvalue weighted by Gasteiger charge is -2.24. The maximum atomic E-state index is 11.8. The maximum Gasteiger partial charge on any atom is 0.410 e. The fraction of sp³-hybridized carbons (Fsp3) is 0.429. The smallest absolute Gasteiger partial charge is 0.410 e. The van der Waals surface area contributed by atoms with Gasteiger partial charge in [0.2, 0.25) is 0 Å². The Morgan fingerprint density at radius 2 is 2.11 bits per heavy atom. The van der Waals surface area contributed by atoms with Crippen LogP contribution in [0.1, 0.15) is 31.9 Å². The lowest BCUT2D eigenvalue weighted by atomic mass is 10.1. The Kier molecular flexibility index (Phi) is 4.79. The summed E-state index contributed by atoms with van der Waals surface area (Å²) in [6.07, 6.45) is -0.409. The van der Waals surface area contributed by atoms with Crippen molar-refractivity contribution in [3.05, 3.63) is 34.3 Å². The van der Waals surface area contributed by atoms with Gasteiger partial charge in [-0.1, -0.05) is 17.7 Å². The first-order valence-corrected chi connectivity index (χ1v) is 6.23. The Morgan fingerprint density at radius 1 is 1.47 bits per heavy atom. The molecule has 0 aliphatic carbocycles. The zero-order valence-electron chi connectivity index (χ0n) is 11.5. The number of hydrogen-bond acceptors (Lipinski definition) is 3. The summed E-state index contributed by atoms with van der Waals surface area (Å²) in [4.78, 5) is 13.2. The topological polar surface area (TPSA) is 53.3 Å². The summed E-state index contributed by atoms with van der Waals surface area (Å²) in [5.74, 6) is 0. The van der Waals surface area contributed by atoms with Crippen molar-refractivity contribution < 1.29 is 9.53 Å². The third-order valence-corrected chi connectivity index (χ3v) is 2.65. The third-order valence-electron chi connectivity index (χ3n) is 2.29.